The number of fused-ring (bicyclic) bond motifs is 1. The number of pyridine rings is 1. The summed E-state index contributed by atoms with van der Waals surface area (Å²) in [4.78, 5) is 11.0. The van der Waals surface area contributed by atoms with Gasteiger partial charge in [0.25, 0.3) is 0 Å². The Balaban J connectivity index is 1.75. The summed E-state index contributed by atoms with van der Waals surface area (Å²) in [5, 5.41) is 10.4. The molecule has 0 N–H and O–H groups in total. The van der Waals surface area contributed by atoms with E-state index < -0.39 is 0 Å². The number of imidazole rings is 1. The topological polar surface area (TPSA) is 57.7 Å². The number of nitrogens with zero attached hydrogens (tertiary/aromatic N) is 5. The normalized spacial score (nSPS) is 20.9. The second-order valence-electron chi connectivity index (χ2n) is 6.55. The first kappa shape index (κ1) is 14.7. The van der Waals surface area contributed by atoms with Crippen LogP contribution in [0.5, 0.6) is 0 Å². The van der Waals surface area contributed by atoms with Gasteiger partial charge in [-0.2, -0.15) is 5.26 Å². The number of hydrogen-bond donors (Lipinski definition) is 0. The fourth-order valence-electron chi connectivity index (χ4n) is 3.74. The fraction of sp³-hybridized carbons (Fsp3) is 0.316. The molecule has 2 aromatic heterocycles. The SMILES string of the molecule is C[C@H]1C[C@@H](n2ccnc2)CN(c2ccc(C#N)c3ncccc23)C1. The molecule has 1 saturated heterocycles. The highest BCUT2D eigenvalue weighted by Crippen LogP contribution is 2.34. The number of rotatable bonds is 2. The molecule has 24 heavy (non-hydrogen) atoms. The van der Waals surface area contributed by atoms with E-state index in [0.717, 1.165) is 36.1 Å². The van der Waals surface area contributed by atoms with Crippen molar-refractivity contribution in [3.05, 3.63) is 54.7 Å². The third-order valence-corrected chi connectivity index (χ3v) is 4.79. The minimum absolute atomic E-state index is 0.415. The van der Waals surface area contributed by atoms with Crippen LogP contribution in [0.25, 0.3) is 10.9 Å². The van der Waals surface area contributed by atoms with Crippen molar-refractivity contribution in [2.75, 3.05) is 18.0 Å². The predicted octanol–water partition coefficient (Wildman–Crippen LogP) is 3.39. The van der Waals surface area contributed by atoms with E-state index in [2.05, 4.69) is 44.6 Å². The first-order chi connectivity index (χ1) is 11.8. The van der Waals surface area contributed by atoms with Gasteiger partial charge in [-0.15, -0.1) is 0 Å². The molecule has 0 aliphatic carbocycles. The van der Waals surface area contributed by atoms with Gasteiger partial charge in [0.2, 0.25) is 0 Å². The summed E-state index contributed by atoms with van der Waals surface area (Å²) in [7, 11) is 0. The van der Waals surface area contributed by atoms with Gasteiger partial charge >= 0.3 is 0 Å². The maximum atomic E-state index is 9.33. The Morgan fingerprint density at radius 3 is 2.92 bits per heavy atom. The minimum atomic E-state index is 0.415. The Labute approximate surface area is 141 Å². The zero-order valence-corrected chi connectivity index (χ0v) is 13.6. The molecule has 3 aromatic rings. The highest BCUT2D eigenvalue weighted by molar-refractivity contribution is 5.95. The Bertz CT molecular complexity index is 894. The molecule has 1 aromatic carbocycles. The van der Waals surface area contributed by atoms with E-state index >= 15 is 0 Å². The molecule has 0 radical (unpaired) electrons. The lowest BCUT2D eigenvalue weighted by atomic mass is 9.94. The lowest BCUT2D eigenvalue weighted by molar-refractivity contribution is 0.333. The average Bonchev–Trinajstić information content (AvgIpc) is 3.15. The largest absolute Gasteiger partial charge is 0.369 e. The molecule has 1 aliphatic rings. The van der Waals surface area contributed by atoms with Crippen molar-refractivity contribution in [2.24, 2.45) is 5.92 Å². The molecule has 0 unspecified atom stereocenters. The van der Waals surface area contributed by atoms with Gasteiger partial charge in [0.15, 0.2) is 0 Å². The van der Waals surface area contributed by atoms with Crippen molar-refractivity contribution in [2.45, 2.75) is 19.4 Å². The van der Waals surface area contributed by atoms with Gasteiger partial charge < -0.3 is 9.47 Å². The van der Waals surface area contributed by atoms with Gasteiger partial charge in [0.1, 0.15) is 6.07 Å². The van der Waals surface area contributed by atoms with Gasteiger partial charge in [-0.1, -0.05) is 6.92 Å². The van der Waals surface area contributed by atoms with Crippen LogP contribution in [0.3, 0.4) is 0 Å². The molecule has 3 heterocycles. The summed E-state index contributed by atoms with van der Waals surface area (Å²) in [6, 6.07) is 10.6. The van der Waals surface area contributed by atoms with Crippen LogP contribution >= 0.6 is 0 Å². The Morgan fingerprint density at radius 2 is 2.12 bits per heavy atom. The molecule has 2 atom stereocenters. The predicted molar refractivity (Wildman–Crippen MR) is 93.7 cm³/mol. The third-order valence-electron chi connectivity index (χ3n) is 4.79. The van der Waals surface area contributed by atoms with Crippen LogP contribution in [0, 0.1) is 17.2 Å². The number of nitriles is 1. The van der Waals surface area contributed by atoms with Crippen molar-refractivity contribution in [3.8, 4) is 6.07 Å². The summed E-state index contributed by atoms with van der Waals surface area (Å²) >= 11 is 0. The highest BCUT2D eigenvalue weighted by Gasteiger charge is 2.27. The van der Waals surface area contributed by atoms with Crippen molar-refractivity contribution in [1.82, 2.24) is 14.5 Å². The van der Waals surface area contributed by atoms with E-state index in [1.165, 1.54) is 0 Å². The molecule has 4 rings (SSSR count). The van der Waals surface area contributed by atoms with Crippen LogP contribution in [0.1, 0.15) is 24.9 Å². The smallest absolute Gasteiger partial charge is 0.101 e. The minimum Gasteiger partial charge on any atom is -0.369 e. The van der Waals surface area contributed by atoms with Crippen LogP contribution in [-0.2, 0) is 0 Å². The molecule has 120 valence electrons. The van der Waals surface area contributed by atoms with E-state index in [1.54, 1.807) is 6.20 Å². The monoisotopic (exact) mass is 317 g/mol. The van der Waals surface area contributed by atoms with Gasteiger partial charge in [-0.3, -0.25) is 4.98 Å². The quantitative estimate of drug-likeness (QED) is 0.727. The fourth-order valence-corrected chi connectivity index (χ4v) is 3.74. The number of aromatic nitrogens is 3. The molecule has 5 nitrogen and oxygen atoms in total. The summed E-state index contributed by atoms with van der Waals surface area (Å²) in [5.74, 6) is 0.591. The number of hydrogen-bond acceptors (Lipinski definition) is 4. The lowest BCUT2D eigenvalue weighted by Crippen LogP contribution is -2.40. The van der Waals surface area contributed by atoms with E-state index in [9.17, 15) is 5.26 Å². The molecule has 0 bridgehead atoms. The number of anilines is 1. The Hall–Kier alpha value is -2.87. The molecule has 1 aliphatic heterocycles. The maximum absolute atomic E-state index is 9.33. The zero-order valence-electron chi connectivity index (χ0n) is 13.6. The zero-order chi connectivity index (χ0) is 16.5. The average molecular weight is 317 g/mol. The highest BCUT2D eigenvalue weighted by atomic mass is 15.2. The van der Waals surface area contributed by atoms with Crippen LogP contribution in [-0.4, -0.2) is 27.6 Å². The summed E-state index contributed by atoms with van der Waals surface area (Å²) in [6.45, 7) is 4.25. The molecule has 0 saturated carbocycles. The maximum Gasteiger partial charge on any atom is 0.101 e. The van der Waals surface area contributed by atoms with Gasteiger partial charge in [0, 0.05) is 42.8 Å². The summed E-state index contributed by atoms with van der Waals surface area (Å²) < 4.78 is 2.20. The van der Waals surface area contributed by atoms with Crippen LogP contribution in [0.2, 0.25) is 0 Å². The Kier molecular flexibility index (Phi) is 3.66. The van der Waals surface area contributed by atoms with Crippen molar-refractivity contribution in [1.29, 1.82) is 5.26 Å². The first-order valence-corrected chi connectivity index (χ1v) is 8.26. The van der Waals surface area contributed by atoms with E-state index in [-0.39, 0.29) is 0 Å². The molecule has 1 fully saturated rings. The number of benzene rings is 1. The van der Waals surface area contributed by atoms with Crippen molar-refractivity contribution in [3.63, 3.8) is 0 Å². The second-order valence-corrected chi connectivity index (χ2v) is 6.55. The van der Waals surface area contributed by atoms with Gasteiger partial charge in [-0.05, 0) is 36.6 Å². The number of piperidine rings is 1. The van der Waals surface area contributed by atoms with E-state index in [1.807, 2.05) is 30.9 Å². The van der Waals surface area contributed by atoms with E-state index in [4.69, 9.17) is 0 Å². The third kappa shape index (κ3) is 2.50. The second kappa shape index (κ2) is 5.97. The molecule has 0 amide bonds. The first-order valence-electron chi connectivity index (χ1n) is 8.26. The summed E-state index contributed by atoms with van der Waals surface area (Å²) in [5.41, 5.74) is 2.58. The molecular weight excluding hydrogens is 298 g/mol. The van der Waals surface area contributed by atoms with Gasteiger partial charge in [-0.25, -0.2) is 4.98 Å². The van der Waals surface area contributed by atoms with Crippen LogP contribution in [0.15, 0.2) is 49.2 Å². The Morgan fingerprint density at radius 1 is 1.21 bits per heavy atom. The van der Waals surface area contributed by atoms with Crippen molar-refractivity contribution < 1.29 is 0 Å². The molecular formula is C19H19N5. The van der Waals surface area contributed by atoms with Crippen LogP contribution in [0.4, 0.5) is 5.69 Å². The summed E-state index contributed by atoms with van der Waals surface area (Å²) in [6.07, 6.45) is 8.68. The molecule has 0 spiro atoms. The lowest BCUT2D eigenvalue weighted by Gasteiger charge is -2.39. The van der Waals surface area contributed by atoms with E-state index in [0.29, 0.717) is 17.5 Å². The van der Waals surface area contributed by atoms with Crippen molar-refractivity contribution >= 4 is 16.6 Å². The standard InChI is InChI=1S/C19H19N5/c1-14-9-16(23-8-7-21-13-23)12-24(11-14)18-5-4-15(10-20)19-17(18)3-2-6-22-19/h2-8,13-14,16H,9,11-12H2,1H3/t14-,16+/m0/s1. The van der Waals surface area contributed by atoms with Crippen LogP contribution < -0.4 is 4.90 Å². The molecule has 5 heteroatoms. The van der Waals surface area contributed by atoms with Gasteiger partial charge in [0.05, 0.1) is 23.4 Å².